The Balaban J connectivity index is 1.62. The molecular formula is C19H22N2OS. The van der Waals surface area contributed by atoms with Gasteiger partial charge in [-0.3, -0.25) is 4.79 Å². The van der Waals surface area contributed by atoms with Crippen molar-refractivity contribution in [1.29, 1.82) is 0 Å². The van der Waals surface area contributed by atoms with E-state index >= 15 is 0 Å². The second kappa shape index (κ2) is 6.10. The highest BCUT2D eigenvalue weighted by Gasteiger charge is 2.26. The van der Waals surface area contributed by atoms with Crippen LogP contribution in [0.15, 0.2) is 30.3 Å². The molecule has 23 heavy (non-hydrogen) atoms. The Morgan fingerprint density at radius 3 is 2.74 bits per heavy atom. The van der Waals surface area contributed by atoms with Gasteiger partial charge in [0.05, 0.1) is 4.88 Å². The number of hydrogen-bond donors (Lipinski definition) is 1. The summed E-state index contributed by atoms with van der Waals surface area (Å²) in [4.78, 5) is 17.0. The van der Waals surface area contributed by atoms with Crippen LogP contribution in [0.1, 0.15) is 33.6 Å². The Morgan fingerprint density at radius 1 is 1.17 bits per heavy atom. The van der Waals surface area contributed by atoms with Crippen molar-refractivity contribution < 1.29 is 4.79 Å². The number of carbonyl (C=O) groups is 1. The molecule has 2 aliphatic rings. The van der Waals surface area contributed by atoms with Crippen LogP contribution in [0.4, 0.5) is 0 Å². The SMILES string of the molecule is CN(C(=O)c1cc2c(s1)-c1ccccc1CC2)C1CCNCC1. The normalized spacial score (nSPS) is 17.4. The monoisotopic (exact) mass is 326 g/mol. The van der Waals surface area contributed by atoms with Gasteiger partial charge in [-0.25, -0.2) is 0 Å². The molecule has 2 heterocycles. The highest BCUT2D eigenvalue weighted by atomic mass is 32.1. The Bertz CT molecular complexity index is 731. The second-order valence-corrected chi connectivity index (χ2v) is 7.57. The van der Waals surface area contributed by atoms with Crippen molar-refractivity contribution in [3.63, 3.8) is 0 Å². The van der Waals surface area contributed by atoms with Crippen molar-refractivity contribution in [2.45, 2.75) is 31.7 Å². The van der Waals surface area contributed by atoms with Gasteiger partial charge in [0.15, 0.2) is 0 Å². The van der Waals surface area contributed by atoms with Gasteiger partial charge >= 0.3 is 0 Å². The largest absolute Gasteiger partial charge is 0.338 e. The zero-order valence-electron chi connectivity index (χ0n) is 13.5. The quantitative estimate of drug-likeness (QED) is 0.918. The first kappa shape index (κ1) is 14.9. The zero-order chi connectivity index (χ0) is 15.8. The minimum absolute atomic E-state index is 0.189. The highest BCUT2D eigenvalue weighted by Crippen LogP contribution is 2.39. The molecule has 1 amide bonds. The van der Waals surface area contributed by atoms with Gasteiger partial charge in [-0.1, -0.05) is 24.3 Å². The topological polar surface area (TPSA) is 32.3 Å². The molecule has 1 fully saturated rings. The Kier molecular flexibility index (Phi) is 3.95. The molecule has 1 aliphatic heterocycles. The molecule has 4 rings (SSSR count). The lowest BCUT2D eigenvalue weighted by Crippen LogP contribution is -2.43. The molecule has 4 heteroatoms. The van der Waals surface area contributed by atoms with Gasteiger partial charge in [-0.15, -0.1) is 11.3 Å². The lowest BCUT2D eigenvalue weighted by atomic mass is 9.91. The summed E-state index contributed by atoms with van der Waals surface area (Å²) in [7, 11) is 1.96. The number of benzene rings is 1. The van der Waals surface area contributed by atoms with E-state index in [1.807, 2.05) is 11.9 Å². The van der Waals surface area contributed by atoms with Crippen molar-refractivity contribution in [3.8, 4) is 10.4 Å². The summed E-state index contributed by atoms with van der Waals surface area (Å²) in [6, 6.07) is 11.1. The van der Waals surface area contributed by atoms with E-state index in [1.54, 1.807) is 11.3 Å². The highest BCUT2D eigenvalue weighted by molar-refractivity contribution is 7.17. The van der Waals surface area contributed by atoms with E-state index in [9.17, 15) is 4.79 Å². The second-order valence-electron chi connectivity index (χ2n) is 6.52. The minimum Gasteiger partial charge on any atom is -0.338 e. The van der Waals surface area contributed by atoms with Gasteiger partial charge < -0.3 is 10.2 Å². The molecule has 0 atom stereocenters. The van der Waals surface area contributed by atoms with Crippen molar-refractivity contribution in [1.82, 2.24) is 10.2 Å². The molecule has 1 aromatic heterocycles. The Morgan fingerprint density at radius 2 is 1.91 bits per heavy atom. The standard InChI is InChI=1S/C19H22N2OS/c1-21(15-8-10-20-11-9-15)19(22)17-12-14-7-6-13-4-2-3-5-16(13)18(14)23-17/h2-5,12,15,20H,6-11H2,1H3. The molecule has 0 unspecified atom stereocenters. The van der Waals surface area contributed by atoms with Crippen molar-refractivity contribution in [2.75, 3.05) is 20.1 Å². The average molecular weight is 326 g/mol. The summed E-state index contributed by atoms with van der Waals surface area (Å²) in [6.45, 7) is 2.02. The van der Waals surface area contributed by atoms with Crippen molar-refractivity contribution in [3.05, 3.63) is 46.3 Å². The fraction of sp³-hybridized carbons (Fsp3) is 0.421. The average Bonchev–Trinajstić information content (AvgIpc) is 3.06. The van der Waals surface area contributed by atoms with Crippen LogP contribution in [0.5, 0.6) is 0 Å². The molecule has 1 N–H and O–H groups in total. The third-order valence-corrected chi connectivity index (χ3v) is 6.32. The number of carbonyl (C=O) groups excluding carboxylic acids is 1. The van der Waals surface area contributed by atoms with Crippen LogP contribution in [0.3, 0.4) is 0 Å². The van der Waals surface area contributed by atoms with Crippen LogP contribution in [-0.2, 0) is 12.8 Å². The van der Waals surface area contributed by atoms with Crippen LogP contribution in [0, 0.1) is 0 Å². The van der Waals surface area contributed by atoms with Crippen LogP contribution in [0.25, 0.3) is 10.4 Å². The third-order valence-electron chi connectivity index (χ3n) is 5.12. The minimum atomic E-state index is 0.189. The lowest BCUT2D eigenvalue weighted by molar-refractivity contribution is 0.0708. The maximum Gasteiger partial charge on any atom is 0.263 e. The maximum atomic E-state index is 12.9. The number of nitrogens with zero attached hydrogens (tertiary/aromatic N) is 1. The summed E-state index contributed by atoms with van der Waals surface area (Å²) in [6.07, 6.45) is 4.23. The third kappa shape index (κ3) is 2.70. The van der Waals surface area contributed by atoms with Gasteiger partial charge in [0.2, 0.25) is 0 Å². The molecule has 120 valence electrons. The molecule has 0 bridgehead atoms. The summed E-state index contributed by atoms with van der Waals surface area (Å²) < 4.78 is 0. The maximum absolute atomic E-state index is 12.9. The van der Waals surface area contributed by atoms with Gasteiger partial charge in [0.25, 0.3) is 5.91 Å². The number of rotatable bonds is 2. The summed E-state index contributed by atoms with van der Waals surface area (Å²) in [5, 5.41) is 3.36. The molecule has 1 saturated heterocycles. The molecule has 1 aromatic carbocycles. The van der Waals surface area contributed by atoms with E-state index < -0.39 is 0 Å². The van der Waals surface area contributed by atoms with Crippen LogP contribution in [0.2, 0.25) is 0 Å². The predicted octanol–water partition coefficient (Wildman–Crippen LogP) is 3.34. The zero-order valence-corrected chi connectivity index (χ0v) is 14.3. The van der Waals surface area contributed by atoms with E-state index in [-0.39, 0.29) is 5.91 Å². The summed E-state index contributed by atoms with van der Waals surface area (Å²) >= 11 is 1.67. The molecule has 2 aromatic rings. The summed E-state index contributed by atoms with van der Waals surface area (Å²) in [5.41, 5.74) is 4.07. The van der Waals surface area contributed by atoms with Gasteiger partial charge in [-0.2, -0.15) is 0 Å². The number of piperidine rings is 1. The first-order chi connectivity index (χ1) is 11.2. The molecule has 3 nitrogen and oxygen atoms in total. The van der Waals surface area contributed by atoms with Crippen molar-refractivity contribution >= 4 is 17.2 Å². The van der Waals surface area contributed by atoms with Gasteiger partial charge in [0, 0.05) is 18.0 Å². The summed E-state index contributed by atoms with van der Waals surface area (Å²) in [5.74, 6) is 0.189. The van der Waals surface area contributed by atoms with E-state index in [0.717, 1.165) is 43.6 Å². The number of amides is 1. The molecule has 0 saturated carbocycles. The van der Waals surface area contributed by atoms with Crippen LogP contribution < -0.4 is 5.32 Å². The van der Waals surface area contributed by atoms with E-state index in [4.69, 9.17) is 0 Å². The van der Waals surface area contributed by atoms with E-state index in [2.05, 4.69) is 35.6 Å². The van der Waals surface area contributed by atoms with Gasteiger partial charge in [0.1, 0.15) is 0 Å². The lowest BCUT2D eigenvalue weighted by Gasteiger charge is -2.31. The van der Waals surface area contributed by atoms with Crippen LogP contribution in [-0.4, -0.2) is 37.0 Å². The fourth-order valence-corrected chi connectivity index (χ4v) is 4.96. The predicted molar refractivity (Wildman–Crippen MR) is 95.1 cm³/mol. The number of nitrogens with one attached hydrogen (secondary N) is 1. The first-order valence-corrected chi connectivity index (χ1v) is 9.24. The molecular weight excluding hydrogens is 304 g/mol. The number of thiophene rings is 1. The number of fused-ring (bicyclic) bond motifs is 3. The Hall–Kier alpha value is -1.65. The first-order valence-electron chi connectivity index (χ1n) is 8.43. The Labute approximate surface area is 141 Å². The molecule has 0 radical (unpaired) electrons. The van der Waals surface area contributed by atoms with E-state index in [0.29, 0.717) is 6.04 Å². The van der Waals surface area contributed by atoms with E-state index in [1.165, 1.54) is 21.6 Å². The molecule has 0 spiro atoms. The molecule has 1 aliphatic carbocycles. The number of aryl methyl sites for hydroxylation is 2. The fourth-order valence-electron chi connectivity index (χ4n) is 3.71. The smallest absolute Gasteiger partial charge is 0.263 e. The van der Waals surface area contributed by atoms with Crippen molar-refractivity contribution in [2.24, 2.45) is 0 Å². The number of hydrogen-bond acceptors (Lipinski definition) is 3. The van der Waals surface area contributed by atoms with Gasteiger partial charge in [-0.05, 0) is 61.5 Å². The van der Waals surface area contributed by atoms with Crippen LogP contribution >= 0.6 is 11.3 Å².